The van der Waals surface area contributed by atoms with Crippen molar-refractivity contribution in [2.24, 2.45) is 0 Å². The van der Waals surface area contributed by atoms with Crippen molar-refractivity contribution in [2.45, 2.75) is 83.8 Å². The maximum absolute atomic E-state index is 12.9. The van der Waals surface area contributed by atoms with Gasteiger partial charge in [-0.1, -0.05) is 54.2 Å². The molecule has 0 unspecified atom stereocenters. The average Bonchev–Trinajstić information content (AvgIpc) is 2.83. The Balaban J connectivity index is 0.000000347. The Morgan fingerprint density at radius 2 is 1.65 bits per heavy atom. The summed E-state index contributed by atoms with van der Waals surface area (Å²) < 4.78 is 32.0. The Labute approximate surface area is 229 Å². The van der Waals surface area contributed by atoms with Crippen LogP contribution in [0.25, 0.3) is 0 Å². The zero-order valence-corrected chi connectivity index (χ0v) is 24.4. The fraction of sp³-hybridized carbons (Fsp3) is 0.552. The summed E-state index contributed by atoms with van der Waals surface area (Å²) in [6.07, 6.45) is 7.66. The van der Waals surface area contributed by atoms with E-state index in [1.807, 2.05) is 0 Å². The normalized spacial score (nSPS) is 14.4. The van der Waals surface area contributed by atoms with Gasteiger partial charge in [0.15, 0.2) is 0 Å². The molecule has 0 aromatic heterocycles. The smallest absolute Gasteiger partial charge is 0.407 e. The molecule has 8 heteroatoms. The van der Waals surface area contributed by atoms with Gasteiger partial charge in [-0.3, -0.25) is 0 Å². The molecule has 0 heterocycles. The van der Waals surface area contributed by atoms with E-state index in [4.69, 9.17) is 9.84 Å². The molecule has 3 rings (SSSR count). The fourth-order valence-electron chi connectivity index (χ4n) is 4.25. The third-order valence-electron chi connectivity index (χ3n) is 5.80. The molecule has 0 bridgehead atoms. The van der Waals surface area contributed by atoms with Crippen LogP contribution in [0, 0.1) is 11.6 Å². The van der Waals surface area contributed by atoms with Gasteiger partial charge in [0, 0.05) is 29.7 Å². The zero-order chi connectivity index (χ0) is 27.9. The molecular formula is C29H43BrF2N2O3. The van der Waals surface area contributed by atoms with Gasteiger partial charge in [-0.2, -0.15) is 0 Å². The van der Waals surface area contributed by atoms with Gasteiger partial charge in [0.1, 0.15) is 17.2 Å². The van der Waals surface area contributed by atoms with Gasteiger partial charge in [-0.05, 0) is 88.4 Å². The highest BCUT2D eigenvalue weighted by molar-refractivity contribution is 9.10. The first-order valence-electron chi connectivity index (χ1n) is 12.9. The van der Waals surface area contributed by atoms with E-state index in [-0.39, 0.29) is 12.1 Å². The standard InChI is InChI=1S/C15H22BrN.C13H17F2NO2.CH4O/c1-2-11-17-15(9-4-3-5-10-15)13-7-6-8-14(16)12-13;1-13(2,3)18-12(17)16-5-4-9-6-10(14)8-11(15)7-9;1-2/h6-8,12,17H,2-5,9-11H2,1H3;6-8H,4-5H2,1-3H3,(H,16,17);2H,1H3. The van der Waals surface area contributed by atoms with Crippen LogP contribution in [0.4, 0.5) is 13.6 Å². The van der Waals surface area contributed by atoms with Gasteiger partial charge >= 0.3 is 6.09 Å². The van der Waals surface area contributed by atoms with E-state index in [1.54, 1.807) is 20.8 Å². The summed E-state index contributed by atoms with van der Waals surface area (Å²) in [4.78, 5) is 11.3. The molecule has 0 aliphatic heterocycles. The van der Waals surface area contributed by atoms with Crippen LogP contribution >= 0.6 is 15.9 Å². The van der Waals surface area contributed by atoms with E-state index in [1.165, 1.54) is 60.7 Å². The van der Waals surface area contributed by atoms with Crippen LogP contribution in [0.2, 0.25) is 0 Å². The van der Waals surface area contributed by atoms with Crippen molar-refractivity contribution in [3.63, 3.8) is 0 Å². The predicted molar refractivity (Wildman–Crippen MR) is 150 cm³/mol. The third-order valence-corrected chi connectivity index (χ3v) is 6.30. The molecule has 0 atom stereocenters. The topological polar surface area (TPSA) is 70.6 Å². The number of nitrogens with one attached hydrogen (secondary N) is 2. The summed E-state index contributed by atoms with van der Waals surface area (Å²) in [6.45, 7) is 8.90. The lowest BCUT2D eigenvalue weighted by atomic mass is 9.76. The van der Waals surface area contributed by atoms with E-state index >= 15 is 0 Å². The van der Waals surface area contributed by atoms with Crippen molar-refractivity contribution in [3.05, 3.63) is 69.7 Å². The van der Waals surface area contributed by atoms with Crippen molar-refractivity contribution in [3.8, 4) is 0 Å². The number of aliphatic hydroxyl groups is 1. The Bertz CT molecular complexity index is 925. The molecule has 1 fully saturated rings. The molecule has 1 amide bonds. The first kappa shape index (κ1) is 33.0. The highest BCUT2D eigenvalue weighted by Gasteiger charge is 2.32. The summed E-state index contributed by atoms with van der Waals surface area (Å²) in [5, 5.41) is 13.3. The first-order valence-corrected chi connectivity index (χ1v) is 13.7. The molecule has 2 aromatic rings. The highest BCUT2D eigenvalue weighted by Crippen LogP contribution is 2.37. The summed E-state index contributed by atoms with van der Waals surface area (Å²) in [5.74, 6) is -1.25. The van der Waals surface area contributed by atoms with Gasteiger partial charge in [0.2, 0.25) is 0 Å². The van der Waals surface area contributed by atoms with Crippen molar-refractivity contribution in [2.75, 3.05) is 20.2 Å². The molecule has 0 saturated heterocycles. The van der Waals surface area contributed by atoms with E-state index in [2.05, 4.69) is 57.8 Å². The fourth-order valence-corrected chi connectivity index (χ4v) is 4.65. The number of halogens is 3. The lowest BCUT2D eigenvalue weighted by Crippen LogP contribution is -2.44. The van der Waals surface area contributed by atoms with E-state index < -0.39 is 23.3 Å². The molecule has 37 heavy (non-hydrogen) atoms. The third kappa shape index (κ3) is 12.9. The largest absolute Gasteiger partial charge is 0.444 e. The first-order chi connectivity index (χ1) is 17.5. The van der Waals surface area contributed by atoms with E-state index in [0.717, 1.165) is 19.7 Å². The minimum atomic E-state index is -0.623. The lowest BCUT2D eigenvalue weighted by molar-refractivity contribution is 0.0528. The van der Waals surface area contributed by atoms with Crippen molar-refractivity contribution in [1.82, 2.24) is 10.6 Å². The van der Waals surface area contributed by atoms with E-state index in [9.17, 15) is 13.6 Å². The molecule has 1 aliphatic carbocycles. The quantitative estimate of drug-likeness (QED) is 0.320. The predicted octanol–water partition coefficient (Wildman–Crippen LogP) is 7.25. The minimum Gasteiger partial charge on any atom is -0.444 e. The number of aliphatic hydroxyl groups excluding tert-OH is 1. The Kier molecular flexibility index (Phi) is 14.9. The number of ether oxygens (including phenoxy) is 1. The van der Waals surface area contributed by atoms with Crippen molar-refractivity contribution < 1.29 is 23.4 Å². The molecule has 1 aliphatic rings. The number of carbonyl (C=O) groups is 1. The SMILES string of the molecule is CC(C)(C)OC(=O)NCCc1cc(F)cc(F)c1.CCCNC1(c2cccc(Br)c2)CCCCC1.CO. The van der Waals surface area contributed by atoms with Crippen LogP contribution in [0.1, 0.15) is 77.3 Å². The molecule has 0 radical (unpaired) electrons. The van der Waals surface area contributed by atoms with Gasteiger partial charge < -0.3 is 20.5 Å². The Hall–Kier alpha value is -2.03. The van der Waals surface area contributed by atoms with Gasteiger partial charge in [-0.15, -0.1) is 0 Å². The van der Waals surface area contributed by atoms with Crippen LogP contribution in [0.3, 0.4) is 0 Å². The Morgan fingerprint density at radius 1 is 1.03 bits per heavy atom. The summed E-state index contributed by atoms with van der Waals surface area (Å²) in [7, 11) is 1.00. The van der Waals surface area contributed by atoms with Crippen LogP contribution in [0.15, 0.2) is 46.9 Å². The molecule has 208 valence electrons. The maximum Gasteiger partial charge on any atom is 0.407 e. The summed E-state index contributed by atoms with van der Waals surface area (Å²) in [6, 6.07) is 12.1. The number of amides is 1. The van der Waals surface area contributed by atoms with Crippen molar-refractivity contribution in [1.29, 1.82) is 0 Å². The van der Waals surface area contributed by atoms with Crippen LogP contribution in [-0.4, -0.2) is 37.0 Å². The molecule has 2 aromatic carbocycles. The molecule has 1 saturated carbocycles. The second-order valence-corrected chi connectivity index (χ2v) is 11.0. The number of hydrogen-bond donors (Lipinski definition) is 3. The van der Waals surface area contributed by atoms with Crippen molar-refractivity contribution >= 4 is 22.0 Å². The Morgan fingerprint density at radius 3 is 2.19 bits per heavy atom. The summed E-state index contributed by atoms with van der Waals surface area (Å²) in [5.41, 5.74) is 1.62. The molecule has 0 spiro atoms. The monoisotopic (exact) mass is 584 g/mol. The van der Waals surface area contributed by atoms with Gasteiger partial charge in [0.05, 0.1) is 0 Å². The molecular weight excluding hydrogens is 542 g/mol. The average molecular weight is 586 g/mol. The number of hydrogen-bond acceptors (Lipinski definition) is 4. The number of rotatable bonds is 7. The van der Waals surface area contributed by atoms with Crippen LogP contribution in [0.5, 0.6) is 0 Å². The lowest BCUT2D eigenvalue weighted by Gasteiger charge is -2.39. The van der Waals surface area contributed by atoms with Crippen LogP contribution in [-0.2, 0) is 16.7 Å². The number of carbonyl (C=O) groups excluding carboxylic acids is 1. The second-order valence-electron chi connectivity index (χ2n) is 10.0. The molecule has 5 nitrogen and oxygen atoms in total. The minimum absolute atomic E-state index is 0.234. The number of benzene rings is 2. The summed E-state index contributed by atoms with van der Waals surface area (Å²) >= 11 is 3.59. The number of alkyl carbamates (subject to hydrolysis) is 1. The van der Waals surface area contributed by atoms with E-state index in [0.29, 0.717) is 12.0 Å². The van der Waals surface area contributed by atoms with Gasteiger partial charge in [0.25, 0.3) is 0 Å². The maximum atomic E-state index is 12.9. The second kappa shape index (κ2) is 16.7. The molecule has 3 N–H and O–H groups in total. The van der Waals surface area contributed by atoms with Gasteiger partial charge in [-0.25, -0.2) is 13.6 Å². The highest BCUT2D eigenvalue weighted by atomic mass is 79.9. The van der Waals surface area contributed by atoms with Crippen LogP contribution < -0.4 is 10.6 Å². The zero-order valence-electron chi connectivity index (χ0n) is 22.8.